The maximum absolute atomic E-state index is 13.4. The fraction of sp³-hybridized carbons (Fsp3) is 0.0714. The van der Waals surface area contributed by atoms with Crippen LogP contribution in [0, 0.1) is 12.7 Å². The average Bonchev–Trinajstić information content (AvgIpc) is 2.38. The van der Waals surface area contributed by atoms with Crippen molar-refractivity contribution in [3.63, 3.8) is 0 Å². The number of carbonyl (C=O) groups is 1. The van der Waals surface area contributed by atoms with Crippen molar-refractivity contribution in [2.24, 2.45) is 0 Å². The lowest BCUT2D eigenvalue weighted by molar-refractivity contribution is 0.262. The van der Waals surface area contributed by atoms with Crippen molar-refractivity contribution in [2.75, 3.05) is 10.6 Å². The van der Waals surface area contributed by atoms with Crippen LogP contribution in [-0.4, -0.2) is 6.03 Å². The van der Waals surface area contributed by atoms with Gasteiger partial charge in [0.15, 0.2) is 0 Å². The molecule has 19 heavy (non-hydrogen) atoms. The van der Waals surface area contributed by atoms with Gasteiger partial charge in [0.1, 0.15) is 5.82 Å². The minimum Gasteiger partial charge on any atom is -0.307 e. The Morgan fingerprint density at radius 3 is 2.42 bits per heavy atom. The molecule has 0 saturated heterocycles. The second kappa shape index (κ2) is 5.84. The van der Waals surface area contributed by atoms with E-state index in [4.69, 9.17) is 0 Å². The quantitative estimate of drug-likeness (QED) is 0.837. The Kier molecular flexibility index (Phi) is 4.16. The van der Waals surface area contributed by atoms with Crippen LogP contribution in [0.2, 0.25) is 0 Å². The fourth-order valence-corrected chi connectivity index (χ4v) is 1.95. The summed E-state index contributed by atoms with van der Waals surface area (Å²) in [7, 11) is 0. The van der Waals surface area contributed by atoms with Crippen LogP contribution in [0.25, 0.3) is 0 Å². The molecule has 2 rings (SSSR count). The number of hydrogen-bond acceptors (Lipinski definition) is 1. The van der Waals surface area contributed by atoms with Gasteiger partial charge in [-0.25, -0.2) is 9.18 Å². The summed E-state index contributed by atoms with van der Waals surface area (Å²) in [5.74, 6) is -0.471. The maximum Gasteiger partial charge on any atom is 0.323 e. The van der Waals surface area contributed by atoms with Gasteiger partial charge in [-0.1, -0.05) is 24.3 Å². The van der Waals surface area contributed by atoms with Gasteiger partial charge in [-0.05, 0) is 46.6 Å². The van der Waals surface area contributed by atoms with E-state index in [9.17, 15) is 9.18 Å². The summed E-state index contributed by atoms with van der Waals surface area (Å²) in [5, 5.41) is 5.12. The molecule has 0 aliphatic rings. The Morgan fingerprint density at radius 2 is 1.68 bits per heavy atom. The molecule has 0 bridgehead atoms. The van der Waals surface area contributed by atoms with Crippen molar-refractivity contribution in [3.05, 3.63) is 58.3 Å². The number of carbonyl (C=O) groups excluding carboxylic acids is 1. The number of aryl methyl sites for hydroxylation is 1. The molecule has 0 heterocycles. The zero-order valence-corrected chi connectivity index (χ0v) is 11.8. The SMILES string of the molecule is Cc1cccc(NC(=O)Nc2ccccc2F)c1Br. The summed E-state index contributed by atoms with van der Waals surface area (Å²) < 4.78 is 14.2. The average molecular weight is 323 g/mol. The topological polar surface area (TPSA) is 41.1 Å². The molecule has 0 radical (unpaired) electrons. The third-order valence-electron chi connectivity index (χ3n) is 2.56. The van der Waals surface area contributed by atoms with Crippen LogP contribution >= 0.6 is 15.9 Å². The van der Waals surface area contributed by atoms with Crippen molar-refractivity contribution >= 4 is 33.3 Å². The summed E-state index contributed by atoms with van der Waals surface area (Å²) in [6.45, 7) is 1.92. The van der Waals surface area contributed by atoms with Crippen molar-refractivity contribution in [2.45, 2.75) is 6.92 Å². The van der Waals surface area contributed by atoms with E-state index in [1.165, 1.54) is 12.1 Å². The van der Waals surface area contributed by atoms with Gasteiger partial charge in [0.05, 0.1) is 11.4 Å². The number of rotatable bonds is 2. The number of hydrogen-bond donors (Lipinski definition) is 2. The van der Waals surface area contributed by atoms with E-state index in [1.54, 1.807) is 18.2 Å². The number of nitrogens with one attached hydrogen (secondary N) is 2. The summed E-state index contributed by atoms with van der Waals surface area (Å²) in [6, 6.07) is 11.0. The van der Waals surface area contributed by atoms with Crippen molar-refractivity contribution < 1.29 is 9.18 Å². The molecular weight excluding hydrogens is 311 g/mol. The Morgan fingerprint density at radius 1 is 1.05 bits per heavy atom. The predicted molar refractivity (Wildman–Crippen MR) is 77.9 cm³/mol. The van der Waals surface area contributed by atoms with Crippen LogP contribution in [-0.2, 0) is 0 Å². The van der Waals surface area contributed by atoms with E-state index in [0.717, 1.165) is 10.0 Å². The summed E-state index contributed by atoms with van der Waals surface area (Å²) in [4.78, 5) is 11.8. The zero-order chi connectivity index (χ0) is 13.8. The van der Waals surface area contributed by atoms with Gasteiger partial charge in [0.2, 0.25) is 0 Å². The molecule has 0 unspecified atom stereocenters. The first kappa shape index (κ1) is 13.5. The van der Waals surface area contributed by atoms with Gasteiger partial charge < -0.3 is 10.6 Å². The molecule has 5 heteroatoms. The molecule has 0 aromatic heterocycles. The fourth-order valence-electron chi connectivity index (χ4n) is 1.58. The van der Waals surface area contributed by atoms with Gasteiger partial charge in [-0.3, -0.25) is 0 Å². The minimum atomic E-state index is -0.489. The van der Waals surface area contributed by atoms with E-state index in [1.807, 2.05) is 19.1 Å². The van der Waals surface area contributed by atoms with Gasteiger partial charge in [0, 0.05) is 4.47 Å². The Labute approximate surface area is 119 Å². The Balaban J connectivity index is 2.10. The Bertz CT molecular complexity index is 616. The molecule has 0 atom stereocenters. The van der Waals surface area contributed by atoms with Crippen LogP contribution in [0.4, 0.5) is 20.6 Å². The molecule has 0 fully saturated rings. The van der Waals surface area contributed by atoms with Crippen LogP contribution in [0.15, 0.2) is 46.9 Å². The lowest BCUT2D eigenvalue weighted by Crippen LogP contribution is -2.20. The maximum atomic E-state index is 13.4. The van der Waals surface area contributed by atoms with Crippen LogP contribution < -0.4 is 10.6 Å². The van der Waals surface area contributed by atoms with E-state index >= 15 is 0 Å². The largest absolute Gasteiger partial charge is 0.323 e. The first-order valence-electron chi connectivity index (χ1n) is 5.65. The molecule has 2 aromatic rings. The van der Waals surface area contributed by atoms with Crippen molar-refractivity contribution in [1.29, 1.82) is 0 Å². The summed E-state index contributed by atoms with van der Waals surface area (Å²) >= 11 is 3.39. The molecule has 0 aliphatic carbocycles. The van der Waals surface area contributed by atoms with Gasteiger partial charge in [0.25, 0.3) is 0 Å². The number of para-hydroxylation sites is 1. The third-order valence-corrected chi connectivity index (χ3v) is 3.61. The van der Waals surface area contributed by atoms with Gasteiger partial charge in [-0.15, -0.1) is 0 Å². The van der Waals surface area contributed by atoms with Gasteiger partial charge >= 0.3 is 6.03 Å². The van der Waals surface area contributed by atoms with Crippen molar-refractivity contribution in [3.8, 4) is 0 Å². The van der Waals surface area contributed by atoms with E-state index < -0.39 is 11.8 Å². The normalized spacial score (nSPS) is 10.1. The third kappa shape index (κ3) is 3.32. The highest BCUT2D eigenvalue weighted by Gasteiger charge is 2.08. The van der Waals surface area contributed by atoms with Crippen LogP contribution in [0.3, 0.4) is 0 Å². The van der Waals surface area contributed by atoms with E-state index in [-0.39, 0.29) is 5.69 Å². The zero-order valence-electron chi connectivity index (χ0n) is 10.2. The number of urea groups is 1. The molecule has 0 spiro atoms. The smallest absolute Gasteiger partial charge is 0.307 e. The second-order valence-corrected chi connectivity index (χ2v) is 4.79. The molecule has 98 valence electrons. The highest BCUT2D eigenvalue weighted by Crippen LogP contribution is 2.25. The number of anilines is 2. The molecule has 2 aromatic carbocycles. The van der Waals surface area contributed by atoms with Crippen molar-refractivity contribution in [1.82, 2.24) is 0 Å². The molecular formula is C14H12BrFN2O. The number of benzene rings is 2. The highest BCUT2D eigenvalue weighted by atomic mass is 79.9. The molecule has 0 saturated carbocycles. The number of amides is 2. The minimum absolute atomic E-state index is 0.142. The number of halogens is 2. The summed E-state index contributed by atoms with van der Waals surface area (Å²) in [6.07, 6.45) is 0. The van der Waals surface area contributed by atoms with Crippen LogP contribution in [0.1, 0.15) is 5.56 Å². The Hall–Kier alpha value is -1.88. The molecule has 2 amide bonds. The van der Waals surface area contributed by atoms with Gasteiger partial charge in [-0.2, -0.15) is 0 Å². The van der Waals surface area contributed by atoms with E-state index in [2.05, 4.69) is 26.6 Å². The van der Waals surface area contributed by atoms with Crippen LogP contribution in [0.5, 0.6) is 0 Å². The lowest BCUT2D eigenvalue weighted by Gasteiger charge is -2.10. The highest BCUT2D eigenvalue weighted by molar-refractivity contribution is 9.10. The predicted octanol–water partition coefficient (Wildman–Crippen LogP) is 4.54. The molecule has 2 N–H and O–H groups in total. The van der Waals surface area contributed by atoms with E-state index in [0.29, 0.717) is 5.69 Å². The molecule has 3 nitrogen and oxygen atoms in total. The first-order valence-corrected chi connectivity index (χ1v) is 6.45. The summed E-state index contributed by atoms with van der Waals surface area (Å²) in [5.41, 5.74) is 1.78. The monoisotopic (exact) mass is 322 g/mol. The standard InChI is InChI=1S/C14H12BrFN2O/c1-9-5-4-8-12(13(9)15)18-14(19)17-11-7-3-2-6-10(11)16/h2-8H,1H3,(H2,17,18,19). The lowest BCUT2D eigenvalue weighted by atomic mass is 10.2. The first-order chi connectivity index (χ1) is 9.08. The second-order valence-electron chi connectivity index (χ2n) is 4.00. The molecule has 0 aliphatic heterocycles.